The number of piperidine rings is 1. The fourth-order valence-corrected chi connectivity index (χ4v) is 7.45. The molecule has 9 heteroatoms. The number of hydrogen-bond acceptors (Lipinski definition) is 6. The number of aromatic nitrogens is 2. The second kappa shape index (κ2) is 9.66. The minimum atomic E-state index is -0.124. The lowest BCUT2D eigenvalue weighted by molar-refractivity contribution is -0.149. The van der Waals surface area contributed by atoms with Gasteiger partial charge in [0.05, 0.1) is 11.1 Å². The number of nitrogens with two attached hydrogens (primary N) is 1. The Kier molecular flexibility index (Phi) is 6.87. The minimum Gasteiger partial charge on any atom is -0.398 e. The molecule has 8 nitrogen and oxygen atoms in total. The second-order valence-corrected chi connectivity index (χ2v) is 13.2. The summed E-state index contributed by atoms with van der Waals surface area (Å²) in [7, 11) is 4.31. The van der Waals surface area contributed by atoms with E-state index in [1.54, 1.807) is 0 Å². The first-order chi connectivity index (χ1) is 18.3. The third-order valence-electron chi connectivity index (χ3n) is 9.40. The summed E-state index contributed by atoms with van der Waals surface area (Å²) >= 11 is 7.01. The molecule has 39 heavy (non-hydrogen) atoms. The number of anilines is 2. The van der Waals surface area contributed by atoms with Crippen LogP contribution in [-0.4, -0.2) is 77.0 Å². The largest absolute Gasteiger partial charge is 0.398 e. The van der Waals surface area contributed by atoms with Gasteiger partial charge in [-0.05, 0) is 85.2 Å². The zero-order valence-corrected chi connectivity index (χ0v) is 24.9. The molecule has 5 rings (SSSR count). The van der Waals surface area contributed by atoms with Crippen LogP contribution in [-0.2, 0) is 4.79 Å². The number of rotatable bonds is 6. The van der Waals surface area contributed by atoms with Crippen molar-refractivity contribution in [3.63, 3.8) is 0 Å². The standard InChI is InChI=1S/C30H42ClN7O/c1-8-24(39)36-16-30(17-36)13-21(14-30)38-19(3)25(26-22(15-32)23(33)11-18(2)27(26)31)28(34-38)37-10-9-20(35(6)7)12-29(37,4)5/h8,11,15,20-21,32H,1,9-10,12-14,16-17,33H2,2-7H3. The number of benzene rings is 1. The Morgan fingerprint density at radius 1 is 1.23 bits per heavy atom. The van der Waals surface area contributed by atoms with Crippen LogP contribution in [0.25, 0.3) is 11.1 Å². The minimum absolute atomic E-state index is 0.0122. The van der Waals surface area contributed by atoms with E-state index in [0.29, 0.717) is 22.3 Å². The molecule has 2 aliphatic heterocycles. The van der Waals surface area contributed by atoms with Gasteiger partial charge in [-0.2, -0.15) is 5.10 Å². The summed E-state index contributed by atoms with van der Waals surface area (Å²) in [5, 5.41) is 14.2. The molecule has 3 N–H and O–H groups in total. The average Bonchev–Trinajstić information content (AvgIpc) is 3.14. The van der Waals surface area contributed by atoms with Crippen LogP contribution in [0.1, 0.15) is 62.4 Å². The average molecular weight is 552 g/mol. The molecule has 0 radical (unpaired) electrons. The molecule has 3 fully saturated rings. The molecule has 1 unspecified atom stereocenters. The normalized spacial score (nSPS) is 22.1. The van der Waals surface area contributed by atoms with Crippen LogP contribution in [0, 0.1) is 24.7 Å². The first kappa shape index (κ1) is 27.7. The van der Waals surface area contributed by atoms with E-state index in [1.165, 1.54) is 12.3 Å². The Balaban J connectivity index is 1.58. The maximum absolute atomic E-state index is 12.0. The van der Waals surface area contributed by atoms with Gasteiger partial charge in [-0.25, -0.2) is 0 Å². The molecule has 0 bridgehead atoms. The van der Waals surface area contributed by atoms with E-state index in [1.807, 2.05) is 17.9 Å². The van der Waals surface area contributed by atoms with Crippen molar-refractivity contribution < 1.29 is 4.79 Å². The third-order valence-corrected chi connectivity index (χ3v) is 9.89. The third kappa shape index (κ3) is 4.45. The maximum Gasteiger partial charge on any atom is 0.245 e. The number of carbonyl (C=O) groups is 1. The summed E-state index contributed by atoms with van der Waals surface area (Å²) in [5.41, 5.74) is 11.4. The molecule has 1 aliphatic carbocycles. The highest BCUT2D eigenvalue weighted by Gasteiger charge is 2.54. The topological polar surface area (TPSA) is 94.5 Å². The SMILES string of the molecule is C=CC(=O)N1CC2(CC(n3nc(N4CCC(N(C)C)CC4(C)C)c(-c4c(Cl)c(C)cc(N)c4C=N)c3C)C2)C1. The van der Waals surface area contributed by atoms with Crippen molar-refractivity contribution in [1.29, 1.82) is 5.41 Å². The van der Waals surface area contributed by atoms with Gasteiger partial charge in [0.2, 0.25) is 5.91 Å². The number of carbonyl (C=O) groups excluding carboxylic acids is 1. The molecule has 1 aromatic heterocycles. The number of aryl methyl sites for hydroxylation is 1. The van der Waals surface area contributed by atoms with Gasteiger partial charge < -0.3 is 25.8 Å². The van der Waals surface area contributed by atoms with Gasteiger partial charge in [-0.3, -0.25) is 9.48 Å². The first-order valence-electron chi connectivity index (χ1n) is 13.9. The molecule has 1 amide bonds. The van der Waals surface area contributed by atoms with Crippen LogP contribution in [0.2, 0.25) is 5.02 Å². The monoisotopic (exact) mass is 551 g/mol. The summed E-state index contributed by atoms with van der Waals surface area (Å²) in [6, 6.07) is 2.61. The van der Waals surface area contributed by atoms with Crippen molar-refractivity contribution in [1.82, 2.24) is 19.6 Å². The molecule has 1 saturated carbocycles. The van der Waals surface area contributed by atoms with Gasteiger partial charge in [0, 0.05) is 70.9 Å². The van der Waals surface area contributed by atoms with Crippen LogP contribution < -0.4 is 10.6 Å². The zero-order valence-electron chi connectivity index (χ0n) is 24.1. The summed E-state index contributed by atoms with van der Waals surface area (Å²) < 4.78 is 2.19. The molecule has 2 saturated heterocycles. The van der Waals surface area contributed by atoms with Crippen molar-refractivity contribution in [2.75, 3.05) is 44.4 Å². The number of halogens is 1. The molecule has 2 aromatic rings. The highest BCUT2D eigenvalue weighted by atomic mass is 35.5. The van der Waals surface area contributed by atoms with Crippen molar-refractivity contribution in [3.8, 4) is 11.1 Å². The highest BCUT2D eigenvalue weighted by Crippen LogP contribution is 2.56. The van der Waals surface area contributed by atoms with E-state index in [9.17, 15) is 4.79 Å². The molecule has 1 spiro atoms. The fourth-order valence-electron chi connectivity index (χ4n) is 7.20. The number of amides is 1. The number of nitrogens with one attached hydrogen (secondary N) is 1. The van der Waals surface area contributed by atoms with Crippen LogP contribution >= 0.6 is 11.6 Å². The van der Waals surface area contributed by atoms with E-state index < -0.39 is 0 Å². The van der Waals surface area contributed by atoms with Gasteiger partial charge in [0.15, 0.2) is 5.82 Å². The summed E-state index contributed by atoms with van der Waals surface area (Å²) in [6.07, 6.45) is 6.76. The Morgan fingerprint density at radius 2 is 1.90 bits per heavy atom. The molecule has 3 heterocycles. The molecule has 1 aromatic carbocycles. The van der Waals surface area contributed by atoms with E-state index in [2.05, 4.69) is 55.9 Å². The van der Waals surface area contributed by atoms with Crippen molar-refractivity contribution in [2.24, 2.45) is 5.41 Å². The lowest BCUT2D eigenvalue weighted by Crippen LogP contribution is -2.63. The molecular formula is C30H42ClN7O. The van der Waals surface area contributed by atoms with E-state index in [0.717, 1.165) is 73.5 Å². The highest BCUT2D eigenvalue weighted by molar-refractivity contribution is 6.35. The van der Waals surface area contributed by atoms with Crippen molar-refractivity contribution in [2.45, 2.75) is 71.0 Å². The summed E-state index contributed by atoms with van der Waals surface area (Å²) in [4.78, 5) is 18.7. The van der Waals surface area contributed by atoms with Gasteiger partial charge >= 0.3 is 0 Å². The molecule has 1 atom stereocenters. The smallest absolute Gasteiger partial charge is 0.245 e. The molecule has 3 aliphatic rings. The van der Waals surface area contributed by atoms with Crippen molar-refractivity contribution in [3.05, 3.63) is 40.6 Å². The van der Waals surface area contributed by atoms with Crippen LogP contribution in [0.15, 0.2) is 18.7 Å². The van der Waals surface area contributed by atoms with Gasteiger partial charge in [-0.15, -0.1) is 0 Å². The molecular weight excluding hydrogens is 510 g/mol. The van der Waals surface area contributed by atoms with Crippen LogP contribution in [0.5, 0.6) is 0 Å². The summed E-state index contributed by atoms with van der Waals surface area (Å²) in [6.45, 7) is 14.8. The Hall–Kier alpha value is -2.84. The van der Waals surface area contributed by atoms with Crippen molar-refractivity contribution >= 4 is 35.2 Å². The van der Waals surface area contributed by atoms with Gasteiger partial charge in [0.1, 0.15) is 0 Å². The number of hydrogen-bond donors (Lipinski definition) is 2. The summed E-state index contributed by atoms with van der Waals surface area (Å²) in [5.74, 6) is 0.931. The van der Waals surface area contributed by atoms with E-state index in [4.69, 9.17) is 27.8 Å². The Labute approximate surface area is 237 Å². The van der Waals surface area contributed by atoms with E-state index >= 15 is 0 Å². The Morgan fingerprint density at radius 3 is 2.46 bits per heavy atom. The lowest BCUT2D eigenvalue weighted by atomic mass is 9.60. The first-order valence-corrected chi connectivity index (χ1v) is 14.2. The predicted molar refractivity (Wildman–Crippen MR) is 160 cm³/mol. The lowest BCUT2D eigenvalue weighted by Gasteiger charge is -2.58. The maximum atomic E-state index is 12.0. The zero-order chi connectivity index (χ0) is 28.4. The van der Waals surface area contributed by atoms with Crippen LogP contribution in [0.4, 0.5) is 11.5 Å². The van der Waals surface area contributed by atoms with Crippen LogP contribution in [0.3, 0.4) is 0 Å². The van der Waals surface area contributed by atoms with Gasteiger partial charge in [0.25, 0.3) is 0 Å². The molecule has 210 valence electrons. The number of likely N-dealkylation sites (tertiary alicyclic amines) is 1. The number of nitrogen functional groups attached to an aromatic ring is 1. The fraction of sp³-hybridized carbons (Fsp3) is 0.567. The Bertz CT molecular complexity index is 1330. The number of nitrogens with zero attached hydrogens (tertiary/aromatic N) is 5. The second-order valence-electron chi connectivity index (χ2n) is 12.8. The van der Waals surface area contributed by atoms with E-state index in [-0.39, 0.29) is 22.9 Å². The quantitative estimate of drug-likeness (QED) is 0.297. The van der Waals surface area contributed by atoms with Gasteiger partial charge in [-0.1, -0.05) is 18.2 Å². The predicted octanol–water partition coefficient (Wildman–Crippen LogP) is 5.06.